The first-order chi connectivity index (χ1) is 16.3. The summed E-state index contributed by atoms with van der Waals surface area (Å²) in [7, 11) is 0. The van der Waals surface area contributed by atoms with Crippen LogP contribution in [0.25, 0.3) is 0 Å². The van der Waals surface area contributed by atoms with E-state index >= 15 is 0 Å². The SMILES string of the molecule is CC1(C)CC(=O)C2=C(C1)N(c1ccc(Cl)cc1)C(N)=C(C#N)[C@@H]2c1cc(Cn2cncn2)cs1. The number of thiophene rings is 1. The van der Waals surface area contributed by atoms with Crippen molar-refractivity contribution in [3.63, 3.8) is 0 Å². The molecule has 0 unspecified atom stereocenters. The number of hydrogen-bond donors (Lipinski definition) is 1. The van der Waals surface area contributed by atoms with E-state index < -0.39 is 5.92 Å². The Hall–Kier alpha value is -3.41. The maximum atomic E-state index is 13.6. The minimum atomic E-state index is -0.485. The van der Waals surface area contributed by atoms with Gasteiger partial charge in [0.2, 0.25) is 0 Å². The number of ketones is 1. The van der Waals surface area contributed by atoms with Crippen LogP contribution in [0.3, 0.4) is 0 Å². The smallest absolute Gasteiger partial charge is 0.162 e. The molecule has 5 rings (SSSR count). The maximum absolute atomic E-state index is 13.6. The third-order valence-electron chi connectivity index (χ3n) is 6.24. The number of hydrogen-bond acceptors (Lipinski definition) is 7. The number of carbonyl (C=O) groups excluding carboxylic acids is 1. The first-order valence-electron chi connectivity index (χ1n) is 10.9. The van der Waals surface area contributed by atoms with Gasteiger partial charge in [-0.15, -0.1) is 11.3 Å². The average Bonchev–Trinajstić information content (AvgIpc) is 3.46. The van der Waals surface area contributed by atoms with Crippen LogP contribution in [0.1, 0.15) is 43.0 Å². The topological polar surface area (TPSA) is 101 Å². The number of nitrogens with two attached hydrogens (primary N) is 1. The van der Waals surface area contributed by atoms with Gasteiger partial charge >= 0.3 is 0 Å². The minimum absolute atomic E-state index is 0.0571. The lowest BCUT2D eigenvalue weighted by Gasteiger charge is -2.43. The molecule has 3 aromatic rings. The van der Waals surface area contributed by atoms with E-state index in [2.05, 4.69) is 30.0 Å². The molecule has 0 saturated carbocycles. The van der Waals surface area contributed by atoms with Crippen LogP contribution in [0.15, 0.2) is 71.0 Å². The first-order valence-corrected chi connectivity index (χ1v) is 12.1. The number of rotatable bonds is 4. The van der Waals surface area contributed by atoms with Crippen LogP contribution in [0, 0.1) is 16.7 Å². The number of nitrogens with zero attached hydrogens (tertiary/aromatic N) is 5. The van der Waals surface area contributed by atoms with Crippen LogP contribution >= 0.6 is 22.9 Å². The predicted octanol–water partition coefficient (Wildman–Crippen LogP) is 4.98. The second-order valence-electron chi connectivity index (χ2n) is 9.41. The van der Waals surface area contributed by atoms with Gasteiger partial charge in [0.05, 0.1) is 24.1 Å². The van der Waals surface area contributed by atoms with Gasteiger partial charge in [0, 0.05) is 33.3 Å². The summed E-state index contributed by atoms with van der Waals surface area (Å²) in [6.07, 6.45) is 4.25. The summed E-state index contributed by atoms with van der Waals surface area (Å²) < 4.78 is 1.74. The molecule has 1 aliphatic heterocycles. The Balaban J connectivity index is 1.66. The van der Waals surface area contributed by atoms with Crippen LogP contribution < -0.4 is 10.6 Å². The monoisotopic (exact) mass is 490 g/mol. The number of aromatic nitrogens is 3. The van der Waals surface area contributed by atoms with Crippen molar-refractivity contribution in [1.29, 1.82) is 5.26 Å². The van der Waals surface area contributed by atoms with Gasteiger partial charge in [0.25, 0.3) is 0 Å². The van der Waals surface area contributed by atoms with E-state index in [0.717, 1.165) is 21.8 Å². The summed E-state index contributed by atoms with van der Waals surface area (Å²) in [4.78, 5) is 20.4. The summed E-state index contributed by atoms with van der Waals surface area (Å²) in [5, 5.41) is 17.0. The highest BCUT2D eigenvalue weighted by Gasteiger charge is 2.45. The number of anilines is 1. The van der Waals surface area contributed by atoms with E-state index in [1.165, 1.54) is 17.7 Å². The molecule has 0 amide bonds. The fourth-order valence-corrected chi connectivity index (χ4v) is 5.96. The lowest BCUT2D eigenvalue weighted by atomic mass is 9.69. The zero-order valence-electron chi connectivity index (χ0n) is 18.8. The van der Waals surface area contributed by atoms with Gasteiger partial charge in [-0.05, 0) is 53.1 Å². The van der Waals surface area contributed by atoms with Crippen molar-refractivity contribution in [2.75, 3.05) is 4.90 Å². The molecular formula is C25H23ClN6OS. The fourth-order valence-electron chi connectivity index (χ4n) is 4.81. The van der Waals surface area contributed by atoms with Crippen molar-refractivity contribution < 1.29 is 4.79 Å². The zero-order valence-corrected chi connectivity index (χ0v) is 20.4. The second-order valence-corrected chi connectivity index (χ2v) is 10.8. The molecule has 2 aromatic heterocycles. The van der Waals surface area contributed by atoms with Crippen molar-refractivity contribution in [2.45, 2.75) is 39.2 Å². The Morgan fingerprint density at radius 3 is 2.74 bits per heavy atom. The van der Waals surface area contributed by atoms with Gasteiger partial charge in [0.1, 0.15) is 18.5 Å². The Labute approximate surface area is 206 Å². The highest BCUT2D eigenvalue weighted by molar-refractivity contribution is 7.10. The lowest BCUT2D eigenvalue weighted by molar-refractivity contribution is -0.118. The first kappa shape index (κ1) is 22.4. The van der Waals surface area contributed by atoms with Gasteiger partial charge in [-0.3, -0.25) is 9.69 Å². The molecule has 172 valence electrons. The summed E-state index contributed by atoms with van der Waals surface area (Å²) in [5.74, 6) is -0.0753. The highest BCUT2D eigenvalue weighted by Crippen LogP contribution is 2.51. The number of nitriles is 1. The van der Waals surface area contributed by atoms with Crippen molar-refractivity contribution in [3.05, 3.63) is 86.5 Å². The molecule has 0 radical (unpaired) electrons. The summed E-state index contributed by atoms with van der Waals surface area (Å²) in [6.45, 7) is 4.74. The van der Waals surface area contributed by atoms with Crippen molar-refractivity contribution >= 4 is 34.4 Å². The number of carbonyl (C=O) groups is 1. The van der Waals surface area contributed by atoms with Gasteiger partial charge < -0.3 is 5.73 Å². The van der Waals surface area contributed by atoms with Gasteiger partial charge in [0.15, 0.2) is 5.78 Å². The number of allylic oxidation sites excluding steroid dienone is 3. The molecule has 9 heteroatoms. The van der Waals surface area contributed by atoms with Crippen LogP contribution in [0.2, 0.25) is 5.02 Å². The molecule has 0 fully saturated rings. The molecular weight excluding hydrogens is 468 g/mol. The van der Waals surface area contributed by atoms with Crippen molar-refractivity contribution in [1.82, 2.24) is 14.8 Å². The zero-order chi connectivity index (χ0) is 24.0. The number of halogens is 1. The molecule has 34 heavy (non-hydrogen) atoms. The summed E-state index contributed by atoms with van der Waals surface area (Å²) in [5.41, 5.74) is 10.2. The van der Waals surface area contributed by atoms with Crippen molar-refractivity contribution in [3.8, 4) is 6.07 Å². The molecule has 0 spiro atoms. The molecule has 2 N–H and O–H groups in total. The number of benzene rings is 1. The largest absolute Gasteiger partial charge is 0.384 e. The van der Waals surface area contributed by atoms with Crippen LogP contribution in [0.4, 0.5) is 5.69 Å². The summed E-state index contributed by atoms with van der Waals surface area (Å²) in [6, 6.07) is 11.7. The molecule has 3 heterocycles. The molecule has 2 aliphatic rings. The third kappa shape index (κ3) is 3.91. The second kappa shape index (κ2) is 8.42. The third-order valence-corrected chi connectivity index (χ3v) is 7.53. The van der Waals surface area contributed by atoms with E-state index in [9.17, 15) is 10.1 Å². The van der Waals surface area contributed by atoms with E-state index in [4.69, 9.17) is 17.3 Å². The lowest BCUT2D eigenvalue weighted by Crippen LogP contribution is -2.42. The molecule has 7 nitrogen and oxygen atoms in total. The van der Waals surface area contributed by atoms with Crippen LogP contribution in [0.5, 0.6) is 0 Å². The molecule has 0 saturated heterocycles. The molecule has 1 aromatic carbocycles. The van der Waals surface area contributed by atoms with Gasteiger partial charge in [-0.1, -0.05) is 25.4 Å². The quantitative estimate of drug-likeness (QED) is 0.553. The predicted molar refractivity (Wildman–Crippen MR) is 132 cm³/mol. The Morgan fingerprint density at radius 1 is 1.29 bits per heavy atom. The Morgan fingerprint density at radius 2 is 2.06 bits per heavy atom. The van der Waals surface area contributed by atoms with E-state index in [1.54, 1.807) is 23.1 Å². The van der Waals surface area contributed by atoms with Crippen LogP contribution in [-0.2, 0) is 11.3 Å². The Bertz CT molecular complexity index is 1360. The van der Waals surface area contributed by atoms with Gasteiger partial charge in [-0.2, -0.15) is 10.4 Å². The molecule has 0 bridgehead atoms. The standard InChI is InChI=1S/C25H23ClN6OS/c1-25(2)8-19-23(20(33)9-25)22(21-7-15(12-34-21)11-31-14-29-13-30-31)18(10-27)24(28)32(19)17-5-3-16(26)4-6-17/h3-7,12-14,22H,8-9,11,28H2,1-2H3/t22-/m1/s1. The highest BCUT2D eigenvalue weighted by atomic mass is 35.5. The minimum Gasteiger partial charge on any atom is -0.384 e. The van der Waals surface area contributed by atoms with E-state index in [-0.39, 0.29) is 11.2 Å². The van der Waals surface area contributed by atoms with Gasteiger partial charge in [-0.25, -0.2) is 9.67 Å². The number of Topliss-reactive ketones (excluding diaryl/α,β-unsaturated/α-hetero) is 1. The fraction of sp³-hybridized carbons (Fsp3) is 0.280. The molecule has 1 aliphatic carbocycles. The van der Waals surface area contributed by atoms with E-state index in [0.29, 0.717) is 41.4 Å². The van der Waals surface area contributed by atoms with Crippen molar-refractivity contribution in [2.24, 2.45) is 11.1 Å². The Kier molecular flexibility index (Phi) is 5.54. The summed E-state index contributed by atoms with van der Waals surface area (Å²) >= 11 is 7.65. The molecule has 1 atom stereocenters. The van der Waals surface area contributed by atoms with Crippen LogP contribution in [-0.4, -0.2) is 20.5 Å². The average molecular weight is 491 g/mol. The normalized spacial score (nSPS) is 19.9. The maximum Gasteiger partial charge on any atom is 0.162 e. The van der Waals surface area contributed by atoms with E-state index in [1.807, 2.05) is 28.5 Å².